The number of piperidine rings is 1. The Bertz CT molecular complexity index is 750. The molecule has 0 saturated carbocycles. The van der Waals surface area contributed by atoms with Crippen LogP contribution in [0.1, 0.15) is 19.8 Å². The molecule has 1 fully saturated rings. The molecule has 8 nitrogen and oxygen atoms in total. The van der Waals surface area contributed by atoms with Crippen molar-refractivity contribution in [2.45, 2.75) is 25.8 Å². The maximum absolute atomic E-state index is 12.0. The number of carbonyl (C=O) groups is 1. The molecular formula is C15H19N7O. The Kier molecular flexibility index (Phi) is 4.10. The molecule has 1 saturated heterocycles. The number of fused-ring (bicyclic) bond motifs is 1. The number of amides is 1. The molecule has 1 N–H and O–H groups in total. The number of carbonyl (C=O) groups excluding carboxylic acids is 1. The molecule has 2 aromatic rings. The molecule has 0 bridgehead atoms. The minimum atomic E-state index is -0.103. The number of nitrogens with one attached hydrogen (secondary N) is 1. The standard InChI is InChI=1S/C15H19N7O/c1-10-4-6-22(13(23)3-5-16)8-12(10)21(2)15-11-7-19-20-14(11)17-9-18-15/h7,9-10,12H,3-4,6,8H2,1-2H3,(H,17,18,19,20)/t10-,12+/m1/s1. The lowest BCUT2D eigenvalue weighted by Crippen LogP contribution is -2.52. The Hall–Kier alpha value is -2.69. The van der Waals surface area contributed by atoms with Gasteiger partial charge in [-0.05, 0) is 12.3 Å². The summed E-state index contributed by atoms with van der Waals surface area (Å²) in [7, 11) is 1.98. The summed E-state index contributed by atoms with van der Waals surface area (Å²) in [5.74, 6) is 1.12. The fourth-order valence-electron chi connectivity index (χ4n) is 3.15. The predicted molar refractivity (Wildman–Crippen MR) is 84.5 cm³/mol. The van der Waals surface area contributed by atoms with Gasteiger partial charge in [0.25, 0.3) is 0 Å². The van der Waals surface area contributed by atoms with Crippen molar-refractivity contribution in [3.8, 4) is 6.07 Å². The number of H-pyrrole nitrogens is 1. The third-order valence-corrected chi connectivity index (χ3v) is 4.56. The fourth-order valence-corrected chi connectivity index (χ4v) is 3.15. The second kappa shape index (κ2) is 6.20. The lowest BCUT2D eigenvalue weighted by molar-refractivity contribution is -0.131. The van der Waals surface area contributed by atoms with E-state index in [2.05, 4.69) is 32.0 Å². The molecule has 3 rings (SSSR count). The van der Waals surface area contributed by atoms with Crippen LogP contribution >= 0.6 is 0 Å². The number of hydrogen-bond donors (Lipinski definition) is 1. The van der Waals surface area contributed by atoms with Crippen LogP contribution in [0.4, 0.5) is 5.82 Å². The average Bonchev–Trinajstić information content (AvgIpc) is 3.03. The van der Waals surface area contributed by atoms with Crippen molar-refractivity contribution in [3.63, 3.8) is 0 Å². The molecule has 0 aromatic carbocycles. The molecular weight excluding hydrogens is 294 g/mol. The number of aromatic amines is 1. The van der Waals surface area contributed by atoms with Gasteiger partial charge < -0.3 is 9.80 Å². The van der Waals surface area contributed by atoms with Gasteiger partial charge in [0.05, 0.1) is 23.7 Å². The van der Waals surface area contributed by atoms with E-state index < -0.39 is 0 Å². The van der Waals surface area contributed by atoms with Crippen molar-refractivity contribution in [1.82, 2.24) is 25.1 Å². The van der Waals surface area contributed by atoms with Gasteiger partial charge in [-0.3, -0.25) is 9.89 Å². The number of aromatic nitrogens is 4. The summed E-state index contributed by atoms with van der Waals surface area (Å²) in [6.07, 6.45) is 4.07. The predicted octanol–water partition coefficient (Wildman–Crippen LogP) is 0.940. The second-order valence-corrected chi connectivity index (χ2v) is 5.95. The number of likely N-dealkylation sites (N-methyl/N-ethyl adjacent to an activating group) is 1. The first-order valence-electron chi connectivity index (χ1n) is 7.63. The van der Waals surface area contributed by atoms with Gasteiger partial charge in [0.2, 0.25) is 5.91 Å². The van der Waals surface area contributed by atoms with E-state index >= 15 is 0 Å². The van der Waals surface area contributed by atoms with Gasteiger partial charge in [-0.25, -0.2) is 9.97 Å². The van der Waals surface area contributed by atoms with Crippen LogP contribution in [-0.2, 0) is 4.79 Å². The van der Waals surface area contributed by atoms with Crippen LogP contribution in [0.2, 0.25) is 0 Å². The lowest BCUT2D eigenvalue weighted by Gasteiger charge is -2.42. The first-order valence-corrected chi connectivity index (χ1v) is 7.63. The maximum Gasteiger partial charge on any atom is 0.236 e. The Morgan fingerprint density at radius 3 is 3.17 bits per heavy atom. The molecule has 23 heavy (non-hydrogen) atoms. The minimum absolute atomic E-state index is 0.0652. The third-order valence-electron chi connectivity index (χ3n) is 4.56. The van der Waals surface area contributed by atoms with E-state index in [1.807, 2.05) is 13.1 Å². The normalized spacial score (nSPS) is 21.2. The third kappa shape index (κ3) is 2.82. The van der Waals surface area contributed by atoms with Crippen molar-refractivity contribution in [2.75, 3.05) is 25.0 Å². The Morgan fingerprint density at radius 2 is 2.39 bits per heavy atom. The zero-order chi connectivity index (χ0) is 16.4. The molecule has 8 heteroatoms. The number of nitrogens with zero attached hydrogens (tertiary/aromatic N) is 6. The highest BCUT2D eigenvalue weighted by molar-refractivity contribution is 5.86. The van der Waals surface area contributed by atoms with Crippen LogP contribution in [0.3, 0.4) is 0 Å². The Morgan fingerprint density at radius 1 is 1.57 bits per heavy atom. The van der Waals surface area contributed by atoms with Gasteiger partial charge in [0, 0.05) is 20.1 Å². The van der Waals surface area contributed by atoms with Crippen molar-refractivity contribution >= 4 is 22.8 Å². The highest BCUT2D eigenvalue weighted by atomic mass is 16.2. The smallest absolute Gasteiger partial charge is 0.236 e. The number of nitriles is 1. The van der Waals surface area contributed by atoms with Crippen LogP contribution in [0.25, 0.3) is 11.0 Å². The largest absolute Gasteiger partial charge is 0.354 e. The number of likely N-dealkylation sites (tertiary alicyclic amines) is 1. The van der Waals surface area contributed by atoms with Gasteiger partial charge >= 0.3 is 0 Å². The summed E-state index contributed by atoms with van der Waals surface area (Å²) in [4.78, 5) is 24.4. The van der Waals surface area contributed by atoms with E-state index in [-0.39, 0.29) is 18.4 Å². The van der Waals surface area contributed by atoms with Gasteiger partial charge in [0.1, 0.15) is 18.6 Å². The quantitative estimate of drug-likeness (QED) is 0.905. The molecule has 3 heterocycles. The first-order chi connectivity index (χ1) is 11.1. The topological polar surface area (TPSA) is 102 Å². The molecule has 120 valence electrons. The summed E-state index contributed by atoms with van der Waals surface area (Å²) in [6.45, 7) is 3.49. The zero-order valence-corrected chi connectivity index (χ0v) is 13.2. The van der Waals surface area contributed by atoms with Crippen molar-refractivity contribution in [2.24, 2.45) is 5.92 Å². The fraction of sp³-hybridized carbons (Fsp3) is 0.533. The SMILES string of the molecule is C[C@@H]1CCN(C(=O)CC#N)C[C@@H]1N(C)c1ncnc2[nH]ncc12. The van der Waals surface area contributed by atoms with Crippen molar-refractivity contribution < 1.29 is 4.79 Å². The van der Waals surface area contributed by atoms with E-state index in [0.29, 0.717) is 24.7 Å². The summed E-state index contributed by atoms with van der Waals surface area (Å²) >= 11 is 0. The molecule has 1 aliphatic rings. The van der Waals surface area contributed by atoms with Crippen LogP contribution in [0.15, 0.2) is 12.5 Å². The molecule has 1 amide bonds. The van der Waals surface area contributed by atoms with Crippen LogP contribution in [-0.4, -0.2) is 57.2 Å². The van der Waals surface area contributed by atoms with Gasteiger partial charge in [0.15, 0.2) is 5.65 Å². The Labute approximate surface area is 134 Å². The van der Waals surface area contributed by atoms with E-state index in [1.165, 1.54) is 6.33 Å². The van der Waals surface area contributed by atoms with E-state index in [4.69, 9.17) is 5.26 Å². The zero-order valence-electron chi connectivity index (χ0n) is 13.2. The molecule has 2 aromatic heterocycles. The molecule has 1 aliphatic heterocycles. The second-order valence-electron chi connectivity index (χ2n) is 5.95. The molecule has 2 atom stereocenters. The number of rotatable bonds is 3. The van der Waals surface area contributed by atoms with Crippen LogP contribution in [0, 0.1) is 17.2 Å². The Balaban J connectivity index is 1.85. The van der Waals surface area contributed by atoms with E-state index in [1.54, 1.807) is 11.1 Å². The number of hydrogen-bond acceptors (Lipinski definition) is 6. The van der Waals surface area contributed by atoms with Crippen molar-refractivity contribution in [1.29, 1.82) is 5.26 Å². The summed E-state index contributed by atoms with van der Waals surface area (Å²) in [6, 6.07) is 2.07. The molecule has 0 aliphatic carbocycles. The van der Waals surface area contributed by atoms with Gasteiger partial charge in [-0.15, -0.1) is 0 Å². The maximum atomic E-state index is 12.0. The van der Waals surface area contributed by atoms with Crippen molar-refractivity contribution in [3.05, 3.63) is 12.5 Å². The number of anilines is 1. The van der Waals surface area contributed by atoms with Gasteiger partial charge in [-0.1, -0.05) is 6.92 Å². The summed E-state index contributed by atoms with van der Waals surface area (Å²) in [5.41, 5.74) is 0.697. The van der Waals surface area contributed by atoms with E-state index in [9.17, 15) is 4.79 Å². The molecule has 0 radical (unpaired) electrons. The highest BCUT2D eigenvalue weighted by Crippen LogP contribution is 2.28. The highest BCUT2D eigenvalue weighted by Gasteiger charge is 2.32. The van der Waals surface area contributed by atoms with Crippen LogP contribution < -0.4 is 4.90 Å². The molecule has 0 unspecified atom stereocenters. The van der Waals surface area contributed by atoms with Gasteiger partial charge in [-0.2, -0.15) is 10.4 Å². The summed E-state index contributed by atoms with van der Waals surface area (Å²) in [5, 5.41) is 16.5. The van der Waals surface area contributed by atoms with Crippen LogP contribution in [0.5, 0.6) is 0 Å². The lowest BCUT2D eigenvalue weighted by atomic mass is 9.92. The average molecular weight is 313 g/mol. The first kappa shape index (κ1) is 15.2. The minimum Gasteiger partial charge on any atom is -0.354 e. The van der Waals surface area contributed by atoms with E-state index in [0.717, 1.165) is 17.6 Å². The molecule has 0 spiro atoms. The summed E-state index contributed by atoms with van der Waals surface area (Å²) < 4.78 is 0. The monoisotopic (exact) mass is 313 g/mol.